The molecule has 0 bridgehead atoms. The topological polar surface area (TPSA) is 168 Å². The molecule has 0 aliphatic rings. The molecule has 0 radical (unpaired) electrons. The molecule has 0 heterocycles. The summed E-state index contributed by atoms with van der Waals surface area (Å²) in [5.74, 6) is -3.05. The lowest BCUT2D eigenvalue weighted by Gasteiger charge is -2.26. The van der Waals surface area contributed by atoms with Crippen molar-refractivity contribution in [2.75, 3.05) is 99.5 Å². The van der Waals surface area contributed by atoms with E-state index < -0.39 is 35.8 Å². The Morgan fingerprint density at radius 1 is 0.420 bits per heavy atom. The van der Waals surface area contributed by atoms with E-state index in [9.17, 15) is 28.8 Å². The quantitative estimate of drug-likeness (QED) is 0.0479. The van der Waals surface area contributed by atoms with Crippen molar-refractivity contribution < 1.29 is 57.2 Å². The molecule has 0 N–H and O–H groups in total. The molecule has 0 aromatic rings. The lowest BCUT2D eigenvalue weighted by molar-refractivity contribution is -0.151. The van der Waals surface area contributed by atoms with E-state index in [0.717, 1.165) is 19.5 Å². The van der Waals surface area contributed by atoms with Crippen LogP contribution in [0.3, 0.4) is 0 Å². The molecule has 0 aliphatic carbocycles. The van der Waals surface area contributed by atoms with Gasteiger partial charge < -0.3 is 43.1 Å². The van der Waals surface area contributed by atoms with Gasteiger partial charge in [-0.1, -0.05) is 19.7 Å². The number of esters is 6. The highest BCUT2D eigenvalue weighted by molar-refractivity contribution is 5.87. The third-order valence-electron chi connectivity index (χ3n) is 6.71. The van der Waals surface area contributed by atoms with Gasteiger partial charge in [-0.15, -0.1) is 0 Å². The summed E-state index contributed by atoms with van der Waals surface area (Å²) >= 11 is 0. The fourth-order valence-corrected chi connectivity index (χ4v) is 4.00. The van der Waals surface area contributed by atoms with Gasteiger partial charge in [-0.05, 0) is 73.9 Å². The average molecular weight is 712 g/mol. The van der Waals surface area contributed by atoms with Crippen LogP contribution < -0.4 is 0 Å². The molecule has 15 heteroatoms. The Bertz CT molecular complexity index is 1090. The summed E-state index contributed by atoms with van der Waals surface area (Å²) in [6, 6.07) is 0. The first-order valence-electron chi connectivity index (χ1n) is 16.7. The van der Waals surface area contributed by atoms with Crippen LogP contribution in [-0.4, -0.2) is 150 Å². The first-order chi connectivity index (χ1) is 23.6. The molecular weight excluding hydrogens is 654 g/mol. The Labute approximate surface area is 296 Å². The van der Waals surface area contributed by atoms with Gasteiger partial charge in [0.2, 0.25) is 0 Å². The molecule has 0 amide bonds. The van der Waals surface area contributed by atoms with Crippen LogP contribution in [0.4, 0.5) is 0 Å². The molecule has 0 saturated carbocycles. The van der Waals surface area contributed by atoms with E-state index in [0.29, 0.717) is 39.1 Å². The van der Waals surface area contributed by atoms with Crippen LogP contribution in [0.5, 0.6) is 0 Å². The van der Waals surface area contributed by atoms with Gasteiger partial charge in [-0.2, -0.15) is 0 Å². The molecule has 0 rings (SSSR count). The second-order valence-corrected chi connectivity index (χ2v) is 11.9. The zero-order valence-electron chi connectivity index (χ0n) is 30.6. The highest BCUT2D eigenvalue weighted by Crippen LogP contribution is 2.05. The summed E-state index contributed by atoms with van der Waals surface area (Å²) in [7, 11) is 3.97. The zero-order valence-corrected chi connectivity index (χ0v) is 30.6. The molecule has 0 spiro atoms. The van der Waals surface area contributed by atoms with E-state index in [2.05, 4.69) is 29.5 Å². The summed E-state index contributed by atoms with van der Waals surface area (Å²) in [4.78, 5) is 77.7. The van der Waals surface area contributed by atoms with Crippen LogP contribution in [0.2, 0.25) is 0 Å². The SMILES string of the molecule is C=C(C)C(=O)OCCOC(=O)CCN(CCCN(C)C)CCCN(CCC(=O)OCCOC(=O)C(=C)C)CCC(=O)OCCOC(=O)C(=C)C. The lowest BCUT2D eigenvalue weighted by Crippen LogP contribution is -2.35. The number of nitrogens with zero attached hydrogens (tertiary/aromatic N) is 3. The molecule has 15 nitrogen and oxygen atoms in total. The van der Waals surface area contributed by atoms with E-state index in [4.69, 9.17) is 28.4 Å². The van der Waals surface area contributed by atoms with Crippen LogP contribution in [0, 0.1) is 0 Å². The van der Waals surface area contributed by atoms with Crippen LogP contribution in [-0.2, 0) is 57.2 Å². The lowest BCUT2D eigenvalue weighted by atomic mass is 10.2. The number of hydrogen-bond donors (Lipinski definition) is 0. The van der Waals surface area contributed by atoms with E-state index in [1.165, 1.54) is 20.8 Å². The van der Waals surface area contributed by atoms with Crippen LogP contribution >= 0.6 is 0 Å². The second-order valence-electron chi connectivity index (χ2n) is 11.9. The second kappa shape index (κ2) is 27.7. The first kappa shape index (κ1) is 45.9. The van der Waals surface area contributed by atoms with Crippen LogP contribution in [0.15, 0.2) is 36.5 Å². The third kappa shape index (κ3) is 25.9. The van der Waals surface area contributed by atoms with Crippen molar-refractivity contribution in [1.29, 1.82) is 0 Å². The van der Waals surface area contributed by atoms with Crippen molar-refractivity contribution in [2.45, 2.75) is 52.9 Å². The van der Waals surface area contributed by atoms with Gasteiger partial charge in [0.05, 0.1) is 19.3 Å². The van der Waals surface area contributed by atoms with Gasteiger partial charge in [0.15, 0.2) is 0 Å². The Morgan fingerprint density at radius 3 is 0.960 bits per heavy atom. The van der Waals surface area contributed by atoms with Gasteiger partial charge in [-0.25, -0.2) is 14.4 Å². The van der Waals surface area contributed by atoms with Crippen LogP contribution in [0.25, 0.3) is 0 Å². The molecule has 0 aliphatic heterocycles. The van der Waals surface area contributed by atoms with Crippen molar-refractivity contribution >= 4 is 35.8 Å². The predicted octanol–water partition coefficient (Wildman–Crippen LogP) is 2.09. The normalized spacial score (nSPS) is 10.8. The zero-order chi connectivity index (χ0) is 37.9. The maximum absolute atomic E-state index is 12.4. The molecule has 0 unspecified atom stereocenters. The Kier molecular flexibility index (Phi) is 25.4. The number of rotatable bonds is 29. The van der Waals surface area contributed by atoms with Gasteiger partial charge in [0, 0.05) is 36.4 Å². The van der Waals surface area contributed by atoms with E-state index in [1.54, 1.807) is 0 Å². The summed E-state index contributed by atoms with van der Waals surface area (Å²) < 4.78 is 30.4. The highest BCUT2D eigenvalue weighted by atomic mass is 16.6. The van der Waals surface area contributed by atoms with Crippen molar-refractivity contribution in [1.82, 2.24) is 14.7 Å². The Hall–Kier alpha value is -4.08. The minimum atomic E-state index is -0.567. The number of carbonyl (C=O) groups is 6. The molecule has 0 aromatic heterocycles. The summed E-state index contributed by atoms with van der Waals surface area (Å²) in [6.07, 6.45) is 1.79. The van der Waals surface area contributed by atoms with Crippen molar-refractivity contribution in [3.8, 4) is 0 Å². The fourth-order valence-electron chi connectivity index (χ4n) is 4.00. The van der Waals surface area contributed by atoms with Crippen LogP contribution in [0.1, 0.15) is 52.9 Å². The predicted molar refractivity (Wildman–Crippen MR) is 185 cm³/mol. The molecule has 0 aromatic carbocycles. The Morgan fingerprint density at radius 2 is 0.680 bits per heavy atom. The molecule has 284 valence electrons. The molecule has 0 saturated heterocycles. The minimum absolute atomic E-state index is 0.0421. The number of hydrogen-bond acceptors (Lipinski definition) is 15. The van der Waals surface area contributed by atoms with E-state index in [-0.39, 0.29) is 75.6 Å². The van der Waals surface area contributed by atoms with Crippen molar-refractivity contribution in [3.63, 3.8) is 0 Å². The minimum Gasteiger partial charge on any atom is -0.462 e. The van der Waals surface area contributed by atoms with Crippen molar-refractivity contribution in [2.24, 2.45) is 0 Å². The van der Waals surface area contributed by atoms with Crippen molar-refractivity contribution in [3.05, 3.63) is 36.5 Å². The first-order valence-corrected chi connectivity index (χ1v) is 16.7. The molecular formula is C35H57N3O12. The van der Waals surface area contributed by atoms with Gasteiger partial charge >= 0.3 is 35.8 Å². The summed E-state index contributed by atoms with van der Waals surface area (Å²) in [5.41, 5.74) is 0.752. The monoisotopic (exact) mass is 711 g/mol. The smallest absolute Gasteiger partial charge is 0.333 e. The number of ether oxygens (including phenoxy) is 6. The highest BCUT2D eigenvalue weighted by Gasteiger charge is 2.15. The molecule has 0 atom stereocenters. The number of carbonyl (C=O) groups excluding carboxylic acids is 6. The van der Waals surface area contributed by atoms with Gasteiger partial charge in [-0.3, -0.25) is 14.4 Å². The van der Waals surface area contributed by atoms with Gasteiger partial charge in [0.25, 0.3) is 0 Å². The molecule has 0 fully saturated rings. The van der Waals surface area contributed by atoms with E-state index >= 15 is 0 Å². The third-order valence-corrected chi connectivity index (χ3v) is 6.71. The maximum atomic E-state index is 12.4. The largest absolute Gasteiger partial charge is 0.462 e. The summed E-state index contributed by atoms with van der Waals surface area (Å²) in [6.45, 7) is 18.5. The summed E-state index contributed by atoms with van der Waals surface area (Å²) in [5, 5.41) is 0. The average Bonchev–Trinajstić information content (AvgIpc) is 3.05. The van der Waals surface area contributed by atoms with E-state index in [1.807, 2.05) is 19.0 Å². The van der Waals surface area contributed by atoms with Gasteiger partial charge in [0.1, 0.15) is 39.6 Å². The maximum Gasteiger partial charge on any atom is 0.333 e. The fraction of sp³-hybridized carbons (Fsp3) is 0.657. The Balaban J connectivity index is 5.07. The molecule has 50 heavy (non-hydrogen) atoms. The standard InChI is InChI=1S/C35H57N3O12/c1-27(2)33(42)48-24-21-45-30(39)11-18-37(15-9-14-36(7)8)16-10-17-38(19-12-31(40)46-22-25-49-34(43)28(3)4)20-13-32(41)47-23-26-50-35(44)29(5)6/h1,3,5,9-26H2,2,4,6-8H3.